The van der Waals surface area contributed by atoms with Gasteiger partial charge in [-0.2, -0.15) is 8.42 Å². The van der Waals surface area contributed by atoms with E-state index < -0.39 is 27.7 Å². The van der Waals surface area contributed by atoms with Crippen LogP contribution in [0.25, 0.3) is 11.3 Å². The largest absolute Gasteiger partial charge is 0.382 e. The van der Waals surface area contributed by atoms with Crippen molar-refractivity contribution in [1.82, 2.24) is 19.7 Å². The van der Waals surface area contributed by atoms with E-state index in [-0.39, 0.29) is 34.1 Å². The van der Waals surface area contributed by atoms with Gasteiger partial charge in [0.2, 0.25) is 0 Å². The molecule has 0 bridgehead atoms. The fourth-order valence-electron chi connectivity index (χ4n) is 2.48. The Morgan fingerprint density at radius 1 is 1.21 bits per heavy atom. The van der Waals surface area contributed by atoms with E-state index >= 15 is 0 Å². The molecule has 3 aromatic rings. The molecule has 0 aliphatic carbocycles. The van der Waals surface area contributed by atoms with Crippen molar-refractivity contribution in [2.24, 2.45) is 0 Å². The Morgan fingerprint density at radius 3 is 2.62 bits per heavy atom. The maximum Gasteiger partial charge on any atom is 0.300 e. The van der Waals surface area contributed by atoms with Gasteiger partial charge in [-0.15, -0.1) is 0 Å². The minimum atomic E-state index is -3.93. The van der Waals surface area contributed by atoms with Gasteiger partial charge in [0.15, 0.2) is 11.6 Å². The monoisotopic (exact) mass is 440 g/mol. The standard InChI is InChI=1S/C17H15ClF2N6O2S/c1-22-29(27,28)26-17-14(20)9(4-5-23-17)6-11-8-24-15(16(21)25-11)12-3-2-10(18)7-13(12)19/h2-5,7-8,22H,6H2,1H3,(H2,21,25)(H,23,26). The van der Waals surface area contributed by atoms with Gasteiger partial charge >= 0.3 is 0 Å². The summed E-state index contributed by atoms with van der Waals surface area (Å²) in [5.41, 5.74) is 6.58. The van der Waals surface area contributed by atoms with Crippen molar-refractivity contribution < 1.29 is 17.2 Å². The van der Waals surface area contributed by atoms with Gasteiger partial charge in [-0.25, -0.2) is 23.5 Å². The number of hydrogen-bond donors (Lipinski definition) is 3. The molecule has 152 valence electrons. The molecular weight excluding hydrogens is 426 g/mol. The molecule has 0 aliphatic rings. The highest BCUT2D eigenvalue weighted by molar-refractivity contribution is 7.90. The van der Waals surface area contributed by atoms with E-state index in [0.29, 0.717) is 5.69 Å². The van der Waals surface area contributed by atoms with E-state index in [2.05, 4.69) is 15.0 Å². The number of rotatable bonds is 6. The third-order valence-electron chi connectivity index (χ3n) is 3.88. The average Bonchev–Trinajstić information content (AvgIpc) is 2.66. The van der Waals surface area contributed by atoms with Crippen LogP contribution in [0.1, 0.15) is 11.3 Å². The number of nitrogens with zero attached hydrogens (tertiary/aromatic N) is 3. The zero-order chi connectivity index (χ0) is 21.2. The average molecular weight is 441 g/mol. The molecule has 0 amide bonds. The van der Waals surface area contributed by atoms with E-state index in [1.54, 1.807) is 0 Å². The van der Waals surface area contributed by atoms with Gasteiger partial charge < -0.3 is 5.73 Å². The van der Waals surface area contributed by atoms with Crippen molar-refractivity contribution >= 4 is 33.4 Å². The summed E-state index contributed by atoms with van der Waals surface area (Å²) in [5.74, 6) is -1.97. The number of halogens is 3. The summed E-state index contributed by atoms with van der Waals surface area (Å²) >= 11 is 5.74. The van der Waals surface area contributed by atoms with Crippen molar-refractivity contribution in [3.63, 3.8) is 0 Å². The summed E-state index contributed by atoms with van der Waals surface area (Å²) in [4.78, 5) is 12.0. The number of nitrogen functional groups attached to an aromatic ring is 1. The molecule has 2 heterocycles. The molecule has 29 heavy (non-hydrogen) atoms. The smallest absolute Gasteiger partial charge is 0.300 e. The second-order valence-electron chi connectivity index (χ2n) is 5.84. The van der Waals surface area contributed by atoms with Crippen LogP contribution in [-0.2, 0) is 16.6 Å². The van der Waals surface area contributed by atoms with Crippen LogP contribution in [0.3, 0.4) is 0 Å². The Balaban J connectivity index is 1.89. The molecule has 0 saturated carbocycles. The van der Waals surface area contributed by atoms with E-state index in [4.69, 9.17) is 17.3 Å². The summed E-state index contributed by atoms with van der Waals surface area (Å²) in [5, 5.41) is 0.229. The summed E-state index contributed by atoms with van der Waals surface area (Å²) < 4.78 is 55.8. The zero-order valence-corrected chi connectivity index (χ0v) is 16.5. The van der Waals surface area contributed by atoms with Crippen LogP contribution in [0.2, 0.25) is 5.02 Å². The Labute approximate surface area is 170 Å². The first kappa shape index (κ1) is 20.8. The highest BCUT2D eigenvalue weighted by Crippen LogP contribution is 2.27. The van der Waals surface area contributed by atoms with Crippen LogP contribution in [0.5, 0.6) is 0 Å². The summed E-state index contributed by atoms with van der Waals surface area (Å²) in [6.07, 6.45) is 2.54. The number of anilines is 2. The highest BCUT2D eigenvalue weighted by atomic mass is 35.5. The van der Waals surface area contributed by atoms with Gasteiger partial charge in [0.25, 0.3) is 10.2 Å². The fraction of sp³-hybridized carbons (Fsp3) is 0.118. The Kier molecular flexibility index (Phi) is 5.91. The predicted octanol–water partition coefficient (Wildman–Crippen LogP) is 2.52. The van der Waals surface area contributed by atoms with Crippen LogP contribution in [0.15, 0.2) is 36.7 Å². The molecule has 4 N–H and O–H groups in total. The zero-order valence-electron chi connectivity index (χ0n) is 14.9. The number of pyridine rings is 1. The maximum atomic E-state index is 14.6. The van der Waals surface area contributed by atoms with Crippen LogP contribution in [0.4, 0.5) is 20.4 Å². The highest BCUT2D eigenvalue weighted by Gasteiger charge is 2.17. The number of aromatic nitrogens is 3. The van der Waals surface area contributed by atoms with Crippen molar-refractivity contribution in [3.8, 4) is 11.3 Å². The Bertz CT molecular complexity index is 1180. The number of nitrogens with two attached hydrogens (primary N) is 1. The molecule has 0 saturated heterocycles. The quantitative estimate of drug-likeness (QED) is 0.541. The molecule has 1 aromatic carbocycles. The van der Waals surface area contributed by atoms with Gasteiger partial charge in [-0.05, 0) is 29.8 Å². The van der Waals surface area contributed by atoms with Crippen LogP contribution >= 0.6 is 11.6 Å². The summed E-state index contributed by atoms with van der Waals surface area (Å²) in [6, 6.07) is 5.43. The van der Waals surface area contributed by atoms with Gasteiger partial charge in [0.1, 0.15) is 17.3 Å². The van der Waals surface area contributed by atoms with Crippen molar-refractivity contribution in [3.05, 3.63) is 64.6 Å². The number of hydrogen-bond acceptors (Lipinski definition) is 6. The SMILES string of the molecule is CNS(=O)(=O)Nc1nccc(Cc2cnc(-c3ccc(Cl)cc3F)c(N)n2)c1F. The first-order valence-electron chi connectivity index (χ1n) is 8.11. The number of benzene rings is 1. The second kappa shape index (κ2) is 8.23. The molecule has 2 aromatic heterocycles. The van der Waals surface area contributed by atoms with Crippen molar-refractivity contribution in [1.29, 1.82) is 0 Å². The number of nitrogens with one attached hydrogen (secondary N) is 2. The van der Waals surface area contributed by atoms with E-state index in [9.17, 15) is 17.2 Å². The lowest BCUT2D eigenvalue weighted by molar-refractivity contribution is 0.588. The second-order valence-corrected chi connectivity index (χ2v) is 7.89. The van der Waals surface area contributed by atoms with Crippen LogP contribution < -0.4 is 15.2 Å². The minimum absolute atomic E-state index is 0.0385. The van der Waals surface area contributed by atoms with E-state index in [1.807, 2.05) is 9.44 Å². The van der Waals surface area contributed by atoms with Crippen molar-refractivity contribution in [2.75, 3.05) is 17.5 Å². The third-order valence-corrected chi connectivity index (χ3v) is 5.11. The Hall–Kier alpha value is -2.89. The summed E-state index contributed by atoms with van der Waals surface area (Å²) in [6.45, 7) is 0. The van der Waals surface area contributed by atoms with Gasteiger partial charge in [0.05, 0.1) is 5.69 Å². The molecule has 3 rings (SSSR count). The first-order chi connectivity index (χ1) is 13.7. The lowest BCUT2D eigenvalue weighted by Gasteiger charge is -2.11. The molecule has 0 atom stereocenters. The van der Waals surface area contributed by atoms with Crippen LogP contribution in [0, 0.1) is 11.6 Å². The lowest BCUT2D eigenvalue weighted by atomic mass is 10.1. The van der Waals surface area contributed by atoms with Gasteiger partial charge in [0, 0.05) is 36.4 Å². The van der Waals surface area contributed by atoms with Crippen LogP contribution in [-0.4, -0.2) is 30.4 Å². The van der Waals surface area contributed by atoms with Gasteiger partial charge in [-0.1, -0.05) is 11.6 Å². The molecule has 0 radical (unpaired) electrons. The molecule has 8 nitrogen and oxygen atoms in total. The van der Waals surface area contributed by atoms with Crippen molar-refractivity contribution in [2.45, 2.75) is 6.42 Å². The predicted molar refractivity (Wildman–Crippen MR) is 105 cm³/mol. The maximum absolute atomic E-state index is 14.6. The lowest BCUT2D eigenvalue weighted by Crippen LogP contribution is -2.27. The minimum Gasteiger partial charge on any atom is -0.382 e. The molecule has 0 fully saturated rings. The van der Waals surface area contributed by atoms with E-state index in [1.165, 1.54) is 37.6 Å². The molecule has 0 unspecified atom stereocenters. The third kappa shape index (κ3) is 4.75. The fourth-order valence-corrected chi connectivity index (χ4v) is 3.14. The summed E-state index contributed by atoms with van der Waals surface area (Å²) in [7, 11) is -2.76. The topological polar surface area (TPSA) is 123 Å². The normalized spacial score (nSPS) is 11.4. The van der Waals surface area contributed by atoms with E-state index in [0.717, 1.165) is 6.07 Å². The Morgan fingerprint density at radius 2 is 1.97 bits per heavy atom. The first-order valence-corrected chi connectivity index (χ1v) is 9.97. The molecule has 0 aliphatic heterocycles. The molecule has 12 heteroatoms. The molecular formula is C17H15ClF2N6O2S. The van der Waals surface area contributed by atoms with Gasteiger partial charge in [-0.3, -0.25) is 9.71 Å². The molecule has 0 spiro atoms.